The van der Waals surface area contributed by atoms with Gasteiger partial charge >= 0.3 is 5.97 Å². The number of nitrogens with one attached hydrogen (secondary N) is 2. The summed E-state index contributed by atoms with van der Waals surface area (Å²) >= 11 is 0. The maximum atomic E-state index is 11.7. The standard InChI is InChI=1S/C20H27N3O5.HI/c1-6-21-20(22-12-15-11-16(13(3)28-15)19(24)26-5)23-14-8-9-17(27-7-2)18(10-14)25-4;/h8-11H,6-7,12H2,1-5H3,(H2,21,22,23);1H. The van der Waals surface area contributed by atoms with Gasteiger partial charge in [0, 0.05) is 18.3 Å². The molecule has 0 fully saturated rings. The fourth-order valence-corrected chi connectivity index (χ4v) is 2.56. The third-order valence-corrected chi connectivity index (χ3v) is 3.84. The Morgan fingerprint density at radius 3 is 2.55 bits per heavy atom. The van der Waals surface area contributed by atoms with Crippen LogP contribution in [0.4, 0.5) is 5.69 Å². The molecule has 0 atom stereocenters. The van der Waals surface area contributed by atoms with Crippen molar-refractivity contribution in [3.05, 3.63) is 41.3 Å². The molecule has 1 heterocycles. The molecule has 0 bridgehead atoms. The van der Waals surface area contributed by atoms with Crippen molar-refractivity contribution in [1.29, 1.82) is 0 Å². The zero-order valence-electron chi connectivity index (χ0n) is 17.3. The van der Waals surface area contributed by atoms with Gasteiger partial charge in [0.2, 0.25) is 0 Å². The van der Waals surface area contributed by atoms with Crippen LogP contribution in [0.25, 0.3) is 0 Å². The molecule has 2 rings (SSSR count). The van der Waals surface area contributed by atoms with E-state index in [2.05, 4.69) is 15.6 Å². The molecule has 0 spiro atoms. The summed E-state index contributed by atoms with van der Waals surface area (Å²) < 4.78 is 21.2. The number of nitrogens with zero attached hydrogens (tertiary/aromatic N) is 1. The third-order valence-electron chi connectivity index (χ3n) is 3.84. The molecule has 8 nitrogen and oxygen atoms in total. The number of carbonyl (C=O) groups excluding carboxylic acids is 1. The van der Waals surface area contributed by atoms with Crippen LogP contribution in [-0.2, 0) is 11.3 Å². The summed E-state index contributed by atoms with van der Waals surface area (Å²) in [6, 6.07) is 7.21. The van der Waals surface area contributed by atoms with Gasteiger partial charge in [-0.15, -0.1) is 24.0 Å². The smallest absolute Gasteiger partial charge is 0.341 e. The highest BCUT2D eigenvalue weighted by atomic mass is 127. The van der Waals surface area contributed by atoms with Crippen molar-refractivity contribution in [2.45, 2.75) is 27.3 Å². The first kappa shape index (κ1) is 24.6. The number of methoxy groups -OCH3 is 2. The topological polar surface area (TPSA) is 94.3 Å². The van der Waals surface area contributed by atoms with E-state index in [1.807, 2.05) is 32.0 Å². The van der Waals surface area contributed by atoms with Crippen LogP contribution in [0.1, 0.15) is 35.7 Å². The number of guanidine groups is 1. The van der Waals surface area contributed by atoms with Crippen molar-refractivity contribution in [2.24, 2.45) is 4.99 Å². The number of ether oxygens (including phenoxy) is 3. The summed E-state index contributed by atoms with van der Waals surface area (Å²) in [5.74, 6) is 2.53. The quantitative estimate of drug-likeness (QED) is 0.237. The van der Waals surface area contributed by atoms with Crippen molar-refractivity contribution in [1.82, 2.24) is 5.32 Å². The van der Waals surface area contributed by atoms with Crippen LogP contribution >= 0.6 is 24.0 Å². The van der Waals surface area contributed by atoms with Crippen LogP contribution in [0, 0.1) is 6.92 Å². The molecule has 0 radical (unpaired) electrons. The van der Waals surface area contributed by atoms with Crippen molar-refractivity contribution >= 4 is 41.6 Å². The number of benzene rings is 1. The molecule has 160 valence electrons. The predicted octanol–water partition coefficient (Wildman–Crippen LogP) is 3.98. The van der Waals surface area contributed by atoms with Crippen molar-refractivity contribution in [3.63, 3.8) is 0 Å². The average molecular weight is 517 g/mol. The van der Waals surface area contributed by atoms with Crippen LogP contribution in [0.3, 0.4) is 0 Å². The van der Waals surface area contributed by atoms with E-state index >= 15 is 0 Å². The minimum absolute atomic E-state index is 0. The maximum Gasteiger partial charge on any atom is 0.341 e. The van der Waals surface area contributed by atoms with Crippen LogP contribution in [-0.4, -0.2) is 39.3 Å². The van der Waals surface area contributed by atoms with Crippen molar-refractivity contribution in [2.75, 3.05) is 32.7 Å². The summed E-state index contributed by atoms with van der Waals surface area (Å²) in [4.78, 5) is 16.2. The first-order chi connectivity index (χ1) is 13.5. The second-order valence-electron chi connectivity index (χ2n) is 5.79. The summed E-state index contributed by atoms with van der Waals surface area (Å²) in [6.07, 6.45) is 0. The monoisotopic (exact) mass is 517 g/mol. The number of hydrogen-bond donors (Lipinski definition) is 2. The second kappa shape index (κ2) is 12.2. The molecule has 0 amide bonds. The first-order valence-electron chi connectivity index (χ1n) is 9.06. The molecule has 1 aromatic heterocycles. The van der Waals surface area contributed by atoms with E-state index in [1.54, 1.807) is 20.1 Å². The van der Waals surface area contributed by atoms with Gasteiger partial charge in [-0.2, -0.15) is 0 Å². The molecule has 9 heteroatoms. The Kier molecular flexibility index (Phi) is 10.4. The predicted molar refractivity (Wildman–Crippen MR) is 123 cm³/mol. The number of halogens is 1. The van der Waals surface area contributed by atoms with Gasteiger partial charge in [0.15, 0.2) is 17.5 Å². The number of furan rings is 1. The molecular weight excluding hydrogens is 489 g/mol. The molecule has 0 saturated heterocycles. The lowest BCUT2D eigenvalue weighted by molar-refractivity contribution is 0.0599. The Labute approximate surface area is 188 Å². The van der Waals surface area contributed by atoms with Gasteiger partial charge in [0.25, 0.3) is 0 Å². The summed E-state index contributed by atoms with van der Waals surface area (Å²) in [6.45, 7) is 7.12. The highest BCUT2D eigenvalue weighted by Crippen LogP contribution is 2.30. The lowest BCUT2D eigenvalue weighted by Gasteiger charge is -2.14. The number of anilines is 1. The molecule has 2 aromatic rings. The zero-order valence-corrected chi connectivity index (χ0v) is 19.7. The minimum Gasteiger partial charge on any atom is -0.493 e. The molecular formula is C20H28IN3O5. The SMILES string of the molecule is CCNC(=NCc1cc(C(=O)OC)c(C)o1)Nc1ccc(OCC)c(OC)c1.I. The number of aryl methyl sites for hydroxylation is 1. The van der Waals surface area contributed by atoms with Crippen LogP contribution in [0.5, 0.6) is 11.5 Å². The third kappa shape index (κ3) is 6.84. The van der Waals surface area contributed by atoms with E-state index in [0.29, 0.717) is 47.7 Å². The lowest BCUT2D eigenvalue weighted by Crippen LogP contribution is -2.30. The van der Waals surface area contributed by atoms with Crippen molar-refractivity contribution in [3.8, 4) is 11.5 Å². The van der Waals surface area contributed by atoms with Crippen LogP contribution in [0.15, 0.2) is 33.7 Å². The fourth-order valence-electron chi connectivity index (χ4n) is 2.56. The van der Waals surface area contributed by atoms with E-state index in [9.17, 15) is 4.79 Å². The Morgan fingerprint density at radius 1 is 1.17 bits per heavy atom. The Bertz CT molecular complexity index is 836. The van der Waals surface area contributed by atoms with Crippen LogP contribution in [0.2, 0.25) is 0 Å². The Morgan fingerprint density at radius 2 is 1.93 bits per heavy atom. The molecule has 0 aliphatic carbocycles. The van der Waals surface area contributed by atoms with Gasteiger partial charge in [-0.3, -0.25) is 0 Å². The number of carbonyl (C=O) groups is 1. The van der Waals surface area contributed by atoms with Gasteiger partial charge in [-0.05, 0) is 39.0 Å². The summed E-state index contributed by atoms with van der Waals surface area (Å²) in [5, 5.41) is 6.39. The molecule has 0 unspecified atom stereocenters. The van der Waals surface area contributed by atoms with Crippen LogP contribution < -0.4 is 20.1 Å². The van der Waals surface area contributed by atoms with Gasteiger partial charge < -0.3 is 29.3 Å². The second-order valence-corrected chi connectivity index (χ2v) is 5.79. The maximum absolute atomic E-state index is 11.7. The Balaban J connectivity index is 0.00000420. The van der Waals surface area contributed by atoms with E-state index in [4.69, 9.17) is 18.6 Å². The normalized spacial score (nSPS) is 10.7. The molecule has 0 saturated carbocycles. The fraction of sp³-hybridized carbons (Fsp3) is 0.400. The highest BCUT2D eigenvalue weighted by molar-refractivity contribution is 14.0. The van der Waals surface area contributed by atoms with E-state index in [0.717, 1.165) is 5.69 Å². The summed E-state index contributed by atoms with van der Waals surface area (Å²) in [5.41, 5.74) is 1.20. The minimum atomic E-state index is -0.428. The highest BCUT2D eigenvalue weighted by Gasteiger charge is 2.15. The largest absolute Gasteiger partial charge is 0.493 e. The average Bonchev–Trinajstić information content (AvgIpc) is 3.07. The lowest BCUT2D eigenvalue weighted by atomic mass is 10.2. The van der Waals surface area contributed by atoms with E-state index < -0.39 is 5.97 Å². The number of rotatable bonds is 8. The van der Waals surface area contributed by atoms with E-state index in [-0.39, 0.29) is 30.5 Å². The van der Waals surface area contributed by atoms with E-state index in [1.165, 1.54) is 7.11 Å². The molecule has 2 N–H and O–H groups in total. The number of hydrogen-bond acceptors (Lipinski definition) is 6. The molecule has 0 aliphatic heterocycles. The molecule has 1 aromatic carbocycles. The number of esters is 1. The molecule has 29 heavy (non-hydrogen) atoms. The van der Waals surface area contributed by atoms with Gasteiger partial charge in [0.05, 0.1) is 20.8 Å². The summed E-state index contributed by atoms with van der Waals surface area (Å²) in [7, 11) is 2.93. The number of aliphatic imine (C=N–C) groups is 1. The molecule has 0 aliphatic rings. The van der Waals surface area contributed by atoms with Gasteiger partial charge in [-0.1, -0.05) is 0 Å². The Hall–Kier alpha value is -2.43. The van der Waals surface area contributed by atoms with Gasteiger partial charge in [0.1, 0.15) is 23.6 Å². The zero-order chi connectivity index (χ0) is 20.5. The van der Waals surface area contributed by atoms with Gasteiger partial charge in [-0.25, -0.2) is 9.79 Å². The van der Waals surface area contributed by atoms with Crippen molar-refractivity contribution < 1.29 is 23.4 Å². The first-order valence-corrected chi connectivity index (χ1v) is 9.06.